The maximum atomic E-state index is 12.0. The minimum Gasteiger partial charge on any atom is -0.393 e. The maximum absolute atomic E-state index is 12.0. The van der Waals surface area contributed by atoms with Crippen LogP contribution < -0.4 is 11.1 Å². The van der Waals surface area contributed by atoms with Crippen molar-refractivity contribution in [3.05, 3.63) is 0 Å². The number of nitrogens with two attached hydrogens (primary N) is 1. The molecule has 0 bridgehead atoms. The molecule has 0 aliphatic heterocycles. The summed E-state index contributed by atoms with van der Waals surface area (Å²) >= 11 is 4.95. The summed E-state index contributed by atoms with van der Waals surface area (Å²) in [5, 5.41) is 3.08. The van der Waals surface area contributed by atoms with Gasteiger partial charge in [0.2, 0.25) is 5.91 Å². The van der Waals surface area contributed by atoms with Crippen LogP contribution in [0.5, 0.6) is 0 Å². The average molecular weight is 242 g/mol. The van der Waals surface area contributed by atoms with Crippen molar-refractivity contribution in [3.63, 3.8) is 0 Å². The number of thiocarbonyl (C=S) groups is 1. The fourth-order valence-corrected chi connectivity index (χ4v) is 2.23. The molecule has 0 heterocycles. The van der Waals surface area contributed by atoms with E-state index in [1.54, 1.807) is 0 Å². The second kappa shape index (κ2) is 5.13. The first-order chi connectivity index (χ1) is 7.38. The Labute approximate surface area is 103 Å². The molecular weight excluding hydrogens is 220 g/mol. The number of nitrogens with one attached hydrogen (secondary N) is 1. The quantitative estimate of drug-likeness (QED) is 0.700. The monoisotopic (exact) mass is 242 g/mol. The van der Waals surface area contributed by atoms with Crippen molar-refractivity contribution < 1.29 is 4.79 Å². The van der Waals surface area contributed by atoms with Crippen molar-refractivity contribution in [1.29, 1.82) is 0 Å². The zero-order chi connectivity index (χ0) is 12.3. The number of hydrogen-bond donors (Lipinski definition) is 2. The van der Waals surface area contributed by atoms with Crippen LogP contribution in [0.3, 0.4) is 0 Å². The Bertz CT molecular complexity index is 285. The predicted molar refractivity (Wildman–Crippen MR) is 70.1 cm³/mol. The van der Waals surface area contributed by atoms with Crippen LogP contribution >= 0.6 is 12.2 Å². The fraction of sp³-hybridized carbons (Fsp3) is 0.833. The molecule has 4 heteroatoms. The number of carbonyl (C=O) groups excluding carboxylic acids is 1. The van der Waals surface area contributed by atoms with Crippen LogP contribution in [0.4, 0.5) is 0 Å². The van der Waals surface area contributed by atoms with Crippen LogP contribution in [0.15, 0.2) is 0 Å². The van der Waals surface area contributed by atoms with Gasteiger partial charge in [-0.2, -0.15) is 0 Å². The van der Waals surface area contributed by atoms with Gasteiger partial charge in [-0.3, -0.25) is 4.79 Å². The summed E-state index contributed by atoms with van der Waals surface area (Å²) in [6.07, 6.45) is 4.07. The Morgan fingerprint density at radius 1 is 1.56 bits per heavy atom. The van der Waals surface area contributed by atoms with E-state index in [1.165, 1.54) is 12.8 Å². The molecule has 0 radical (unpaired) electrons. The summed E-state index contributed by atoms with van der Waals surface area (Å²) in [4.78, 5) is 12.4. The topological polar surface area (TPSA) is 55.1 Å². The molecule has 0 aromatic carbocycles. The Morgan fingerprint density at radius 2 is 2.12 bits per heavy atom. The predicted octanol–water partition coefficient (Wildman–Crippen LogP) is 1.99. The van der Waals surface area contributed by atoms with Gasteiger partial charge in [-0.1, -0.05) is 25.6 Å². The second-order valence-corrected chi connectivity index (χ2v) is 5.70. The molecule has 1 rings (SSSR count). The highest BCUT2D eigenvalue weighted by Gasteiger charge is 2.39. The van der Waals surface area contributed by atoms with Crippen molar-refractivity contribution in [2.45, 2.75) is 52.0 Å². The van der Waals surface area contributed by atoms with E-state index in [-0.39, 0.29) is 17.4 Å². The van der Waals surface area contributed by atoms with E-state index in [0.29, 0.717) is 10.9 Å². The van der Waals surface area contributed by atoms with Gasteiger partial charge in [-0.25, -0.2) is 0 Å². The molecule has 1 fully saturated rings. The minimum absolute atomic E-state index is 0.00810. The second-order valence-electron chi connectivity index (χ2n) is 5.23. The van der Waals surface area contributed by atoms with Crippen LogP contribution in [-0.2, 0) is 4.79 Å². The summed E-state index contributed by atoms with van der Waals surface area (Å²) in [7, 11) is 0. The highest BCUT2D eigenvalue weighted by molar-refractivity contribution is 7.80. The molecule has 0 aromatic heterocycles. The van der Waals surface area contributed by atoms with Crippen molar-refractivity contribution in [2.24, 2.45) is 17.6 Å². The zero-order valence-corrected chi connectivity index (χ0v) is 11.2. The lowest BCUT2D eigenvalue weighted by molar-refractivity contribution is -0.125. The fourth-order valence-electron chi connectivity index (χ4n) is 2.00. The molecule has 1 unspecified atom stereocenters. The molecule has 1 saturated carbocycles. The average Bonchev–Trinajstić information content (AvgIpc) is 2.95. The molecule has 3 N–H and O–H groups in total. The molecule has 1 aliphatic rings. The molecule has 1 amide bonds. The highest BCUT2D eigenvalue weighted by Crippen LogP contribution is 2.39. The molecule has 92 valence electrons. The van der Waals surface area contributed by atoms with Crippen LogP contribution in [-0.4, -0.2) is 16.4 Å². The van der Waals surface area contributed by atoms with E-state index < -0.39 is 0 Å². The van der Waals surface area contributed by atoms with Crippen molar-refractivity contribution in [3.8, 4) is 0 Å². The van der Waals surface area contributed by atoms with Gasteiger partial charge in [0.15, 0.2) is 0 Å². The Hall–Kier alpha value is -0.640. The maximum Gasteiger partial charge on any atom is 0.230 e. The normalized spacial score (nSPS) is 17.9. The highest BCUT2D eigenvalue weighted by atomic mass is 32.1. The van der Waals surface area contributed by atoms with Crippen LogP contribution in [0.25, 0.3) is 0 Å². The van der Waals surface area contributed by atoms with Gasteiger partial charge in [-0.05, 0) is 39.0 Å². The summed E-state index contributed by atoms with van der Waals surface area (Å²) in [6.45, 7) is 6.18. The zero-order valence-electron chi connectivity index (χ0n) is 10.4. The third kappa shape index (κ3) is 3.44. The molecule has 0 aromatic rings. The van der Waals surface area contributed by atoms with Crippen molar-refractivity contribution in [2.75, 3.05) is 0 Å². The Kier molecular flexibility index (Phi) is 4.30. The number of hydrogen-bond acceptors (Lipinski definition) is 2. The van der Waals surface area contributed by atoms with E-state index in [9.17, 15) is 4.79 Å². The summed E-state index contributed by atoms with van der Waals surface area (Å²) < 4.78 is 0. The van der Waals surface area contributed by atoms with E-state index in [4.69, 9.17) is 18.0 Å². The molecule has 3 nitrogen and oxygen atoms in total. The van der Waals surface area contributed by atoms with Gasteiger partial charge in [-0.15, -0.1) is 0 Å². The third-order valence-electron chi connectivity index (χ3n) is 3.28. The van der Waals surface area contributed by atoms with Gasteiger partial charge in [0.1, 0.15) is 0 Å². The van der Waals surface area contributed by atoms with E-state index in [0.717, 1.165) is 12.8 Å². The summed E-state index contributed by atoms with van der Waals surface area (Å²) in [5.41, 5.74) is 5.49. The standard InChI is InChI=1S/C12H22N2OS/c1-4-5-9(10(13)16)11(15)14-12(2,3)8-6-7-8/h8-9H,4-7H2,1-3H3,(H2,13,16)(H,14,15). The van der Waals surface area contributed by atoms with Gasteiger partial charge in [0, 0.05) is 5.54 Å². The smallest absolute Gasteiger partial charge is 0.230 e. The molecule has 0 saturated heterocycles. The Balaban J connectivity index is 2.57. The summed E-state index contributed by atoms with van der Waals surface area (Å²) in [5.74, 6) is 0.300. The lowest BCUT2D eigenvalue weighted by atomic mass is 9.95. The largest absolute Gasteiger partial charge is 0.393 e. The van der Waals surface area contributed by atoms with Gasteiger partial charge < -0.3 is 11.1 Å². The third-order valence-corrected chi connectivity index (χ3v) is 3.57. The number of amides is 1. The first kappa shape index (κ1) is 13.4. The minimum atomic E-state index is -0.307. The lowest BCUT2D eigenvalue weighted by Crippen LogP contribution is -2.49. The van der Waals surface area contributed by atoms with Gasteiger partial charge in [0.05, 0.1) is 10.9 Å². The molecular formula is C12H22N2OS. The van der Waals surface area contributed by atoms with E-state index in [1.807, 2.05) is 6.92 Å². The molecule has 16 heavy (non-hydrogen) atoms. The van der Waals surface area contributed by atoms with Gasteiger partial charge >= 0.3 is 0 Å². The van der Waals surface area contributed by atoms with Crippen LogP contribution in [0.2, 0.25) is 0 Å². The van der Waals surface area contributed by atoms with E-state index in [2.05, 4.69) is 19.2 Å². The molecule has 1 atom stereocenters. The lowest BCUT2D eigenvalue weighted by Gasteiger charge is -2.28. The van der Waals surface area contributed by atoms with E-state index >= 15 is 0 Å². The van der Waals surface area contributed by atoms with Crippen molar-refractivity contribution in [1.82, 2.24) is 5.32 Å². The number of rotatable bonds is 6. The first-order valence-corrected chi connectivity index (χ1v) is 6.40. The van der Waals surface area contributed by atoms with Crippen LogP contribution in [0, 0.1) is 11.8 Å². The van der Waals surface area contributed by atoms with Crippen molar-refractivity contribution >= 4 is 23.1 Å². The number of carbonyl (C=O) groups is 1. The Morgan fingerprint density at radius 3 is 2.50 bits per heavy atom. The molecule has 0 spiro atoms. The molecule has 1 aliphatic carbocycles. The summed E-state index contributed by atoms with van der Waals surface area (Å²) in [6, 6.07) is 0. The van der Waals surface area contributed by atoms with Crippen LogP contribution in [0.1, 0.15) is 46.5 Å². The van der Waals surface area contributed by atoms with Gasteiger partial charge in [0.25, 0.3) is 0 Å². The first-order valence-electron chi connectivity index (χ1n) is 5.99. The SMILES string of the molecule is CCCC(C(=O)NC(C)(C)C1CC1)C(N)=S.